The average Bonchev–Trinajstić information content (AvgIpc) is 2.42. The second kappa shape index (κ2) is 8.16. The number of halogens is 1. The van der Waals surface area contributed by atoms with Crippen molar-refractivity contribution in [2.24, 2.45) is 5.73 Å². The summed E-state index contributed by atoms with van der Waals surface area (Å²) in [5, 5.41) is 10.6. The van der Waals surface area contributed by atoms with Crippen molar-refractivity contribution in [2.45, 2.75) is 12.8 Å². The molecule has 0 bridgehead atoms. The van der Waals surface area contributed by atoms with Crippen LogP contribution in [0.15, 0.2) is 31.0 Å². The van der Waals surface area contributed by atoms with Gasteiger partial charge >= 0.3 is 6.03 Å². The fourth-order valence-corrected chi connectivity index (χ4v) is 1.81. The van der Waals surface area contributed by atoms with Crippen LogP contribution in [-0.2, 0) is 6.42 Å². The van der Waals surface area contributed by atoms with E-state index in [1.54, 1.807) is 24.4 Å². The summed E-state index contributed by atoms with van der Waals surface area (Å²) in [5.41, 5.74) is 6.17. The van der Waals surface area contributed by atoms with Gasteiger partial charge in [-0.25, -0.2) is 4.79 Å². The molecule has 1 aromatic rings. The van der Waals surface area contributed by atoms with Crippen LogP contribution in [0.5, 0.6) is 0 Å². The van der Waals surface area contributed by atoms with Gasteiger partial charge in [0.1, 0.15) is 0 Å². The standard InChI is InChI=1S/C13H18ClN5O/c1-2-7-18-13(20)19(12(15)16)9-4-6-11-10(14)5-3-8-17-11/h2-3,5,8H,1,4,6-7,9H2,(H3,15,16)(H,18,20). The minimum absolute atomic E-state index is 0.293. The molecule has 20 heavy (non-hydrogen) atoms. The van der Waals surface area contributed by atoms with Gasteiger partial charge in [0.05, 0.1) is 10.7 Å². The minimum Gasteiger partial charge on any atom is -0.370 e. The lowest BCUT2D eigenvalue weighted by Crippen LogP contribution is -2.47. The first-order chi connectivity index (χ1) is 9.56. The largest absolute Gasteiger partial charge is 0.370 e. The normalized spacial score (nSPS) is 9.85. The maximum absolute atomic E-state index is 11.8. The number of aryl methyl sites for hydroxylation is 1. The van der Waals surface area contributed by atoms with E-state index < -0.39 is 6.03 Å². The fraction of sp³-hybridized carbons (Fsp3) is 0.308. The van der Waals surface area contributed by atoms with E-state index in [-0.39, 0.29) is 5.96 Å². The third-order valence-electron chi connectivity index (χ3n) is 2.56. The van der Waals surface area contributed by atoms with Crippen LogP contribution in [-0.4, -0.2) is 35.0 Å². The zero-order valence-corrected chi connectivity index (χ0v) is 11.9. The molecule has 0 unspecified atom stereocenters. The molecule has 4 N–H and O–H groups in total. The van der Waals surface area contributed by atoms with Crippen molar-refractivity contribution >= 4 is 23.6 Å². The second-order valence-corrected chi connectivity index (χ2v) is 4.45. The highest BCUT2D eigenvalue weighted by molar-refractivity contribution is 6.31. The molecule has 0 aliphatic rings. The van der Waals surface area contributed by atoms with Gasteiger partial charge in [0.15, 0.2) is 5.96 Å². The number of aromatic nitrogens is 1. The van der Waals surface area contributed by atoms with E-state index in [0.29, 0.717) is 31.0 Å². The number of urea groups is 1. The number of nitrogens with one attached hydrogen (secondary N) is 2. The van der Waals surface area contributed by atoms with E-state index in [1.807, 2.05) is 0 Å². The number of nitrogens with two attached hydrogens (primary N) is 1. The summed E-state index contributed by atoms with van der Waals surface area (Å²) in [6.07, 6.45) is 4.45. The van der Waals surface area contributed by atoms with Crippen LogP contribution in [0.25, 0.3) is 0 Å². The molecule has 1 rings (SSSR count). The zero-order chi connectivity index (χ0) is 15.0. The Morgan fingerprint density at radius 3 is 3.00 bits per heavy atom. The Labute approximate surface area is 123 Å². The minimum atomic E-state index is -0.412. The van der Waals surface area contributed by atoms with Crippen molar-refractivity contribution in [1.82, 2.24) is 15.2 Å². The molecule has 1 aromatic heterocycles. The smallest absolute Gasteiger partial charge is 0.324 e. The second-order valence-electron chi connectivity index (χ2n) is 4.05. The van der Waals surface area contributed by atoms with E-state index in [1.165, 1.54) is 4.90 Å². The maximum atomic E-state index is 11.8. The highest BCUT2D eigenvalue weighted by Gasteiger charge is 2.15. The number of carbonyl (C=O) groups excluding carboxylic acids is 1. The van der Waals surface area contributed by atoms with Crippen LogP contribution < -0.4 is 11.1 Å². The third kappa shape index (κ3) is 4.89. The molecule has 7 heteroatoms. The first-order valence-corrected chi connectivity index (χ1v) is 6.53. The molecule has 6 nitrogen and oxygen atoms in total. The number of amides is 2. The van der Waals surface area contributed by atoms with Gasteiger partial charge in [-0.15, -0.1) is 6.58 Å². The molecule has 108 valence electrons. The maximum Gasteiger partial charge on any atom is 0.324 e. The van der Waals surface area contributed by atoms with E-state index in [0.717, 1.165) is 5.69 Å². The molecule has 0 aliphatic carbocycles. The monoisotopic (exact) mass is 295 g/mol. The summed E-state index contributed by atoms with van der Waals surface area (Å²) < 4.78 is 0. The van der Waals surface area contributed by atoms with Crippen molar-refractivity contribution in [3.8, 4) is 0 Å². The average molecular weight is 296 g/mol. The number of hydrogen-bond donors (Lipinski definition) is 3. The third-order valence-corrected chi connectivity index (χ3v) is 2.91. The fourth-order valence-electron chi connectivity index (χ4n) is 1.59. The molecule has 0 aliphatic heterocycles. The van der Waals surface area contributed by atoms with Gasteiger partial charge in [0.25, 0.3) is 0 Å². The van der Waals surface area contributed by atoms with Crippen LogP contribution in [0.2, 0.25) is 5.02 Å². The molecule has 0 fully saturated rings. The number of rotatable bonds is 6. The molecular weight excluding hydrogens is 278 g/mol. The van der Waals surface area contributed by atoms with Gasteiger partial charge in [0, 0.05) is 19.3 Å². The van der Waals surface area contributed by atoms with E-state index in [4.69, 9.17) is 22.7 Å². The first-order valence-electron chi connectivity index (χ1n) is 6.16. The highest BCUT2D eigenvalue weighted by Crippen LogP contribution is 2.13. The molecule has 0 saturated heterocycles. The number of carbonyl (C=O) groups is 1. The Hall–Kier alpha value is -2.08. The van der Waals surface area contributed by atoms with Gasteiger partial charge in [-0.1, -0.05) is 17.7 Å². The molecule has 0 aromatic carbocycles. The number of pyridine rings is 1. The summed E-state index contributed by atoms with van der Waals surface area (Å²) in [6.45, 7) is 4.16. The van der Waals surface area contributed by atoms with Crippen LogP contribution in [0.3, 0.4) is 0 Å². The number of nitrogens with zero attached hydrogens (tertiary/aromatic N) is 2. The Bertz CT molecular complexity index is 491. The van der Waals surface area contributed by atoms with E-state index in [2.05, 4.69) is 16.9 Å². The predicted molar refractivity (Wildman–Crippen MR) is 79.8 cm³/mol. The lowest BCUT2D eigenvalue weighted by atomic mass is 10.2. The van der Waals surface area contributed by atoms with Crippen LogP contribution in [0, 0.1) is 5.41 Å². The van der Waals surface area contributed by atoms with Gasteiger partial charge in [-0.05, 0) is 25.0 Å². The van der Waals surface area contributed by atoms with Crippen LogP contribution in [0.4, 0.5) is 4.79 Å². The van der Waals surface area contributed by atoms with Gasteiger partial charge < -0.3 is 11.1 Å². The van der Waals surface area contributed by atoms with E-state index in [9.17, 15) is 4.79 Å². The van der Waals surface area contributed by atoms with Gasteiger partial charge in [-0.2, -0.15) is 0 Å². The predicted octanol–water partition coefficient (Wildman–Crippen LogP) is 1.76. The quantitative estimate of drug-likeness (QED) is 0.424. The Balaban J connectivity index is 2.51. The van der Waals surface area contributed by atoms with Crippen LogP contribution in [0.1, 0.15) is 12.1 Å². The van der Waals surface area contributed by atoms with E-state index >= 15 is 0 Å². The Morgan fingerprint density at radius 1 is 1.65 bits per heavy atom. The molecule has 0 atom stereocenters. The van der Waals surface area contributed by atoms with Gasteiger partial charge in [0.2, 0.25) is 0 Å². The Kier molecular flexibility index (Phi) is 6.52. The van der Waals surface area contributed by atoms with Crippen molar-refractivity contribution in [2.75, 3.05) is 13.1 Å². The topological polar surface area (TPSA) is 95.1 Å². The molecule has 1 heterocycles. The van der Waals surface area contributed by atoms with Crippen molar-refractivity contribution in [1.29, 1.82) is 5.41 Å². The molecular formula is C13H18ClN5O. The van der Waals surface area contributed by atoms with Crippen molar-refractivity contribution in [3.05, 3.63) is 41.7 Å². The van der Waals surface area contributed by atoms with Crippen molar-refractivity contribution in [3.63, 3.8) is 0 Å². The molecule has 2 amide bonds. The summed E-state index contributed by atoms with van der Waals surface area (Å²) in [7, 11) is 0. The SMILES string of the molecule is C=CCNC(=O)N(CCCc1ncccc1Cl)C(=N)N. The molecule has 0 spiro atoms. The number of guanidine groups is 1. The molecule has 0 saturated carbocycles. The van der Waals surface area contributed by atoms with Crippen LogP contribution >= 0.6 is 11.6 Å². The van der Waals surface area contributed by atoms with Gasteiger partial charge in [-0.3, -0.25) is 15.3 Å². The highest BCUT2D eigenvalue weighted by atomic mass is 35.5. The summed E-state index contributed by atoms with van der Waals surface area (Å²) in [5.74, 6) is -0.293. The zero-order valence-electron chi connectivity index (χ0n) is 11.1. The summed E-state index contributed by atoms with van der Waals surface area (Å²) in [6, 6.07) is 3.12. The summed E-state index contributed by atoms with van der Waals surface area (Å²) in [4.78, 5) is 17.1. The first kappa shape index (κ1) is 16.0. The lowest BCUT2D eigenvalue weighted by molar-refractivity contribution is 0.220. The van der Waals surface area contributed by atoms with Crippen molar-refractivity contribution < 1.29 is 4.79 Å². The Morgan fingerprint density at radius 2 is 2.40 bits per heavy atom. The summed E-state index contributed by atoms with van der Waals surface area (Å²) >= 11 is 6.00. The number of hydrogen-bond acceptors (Lipinski definition) is 3. The lowest BCUT2D eigenvalue weighted by Gasteiger charge is -2.20. The molecule has 0 radical (unpaired) electrons.